The minimum Gasteiger partial charge on any atom is -0.472 e. The molecule has 0 saturated heterocycles. The Balaban J connectivity index is 2.17. The molecule has 2 rings (SSSR count). The molecule has 16 heavy (non-hydrogen) atoms. The first kappa shape index (κ1) is 11.9. The fourth-order valence-corrected chi connectivity index (χ4v) is 3.10. The van der Waals surface area contributed by atoms with Gasteiger partial charge in [0.25, 0.3) is 0 Å². The van der Waals surface area contributed by atoms with Crippen molar-refractivity contribution in [3.63, 3.8) is 0 Å². The van der Waals surface area contributed by atoms with E-state index in [2.05, 4.69) is 15.9 Å². The van der Waals surface area contributed by atoms with E-state index in [0.717, 1.165) is 35.1 Å². The van der Waals surface area contributed by atoms with Crippen LogP contribution in [-0.4, -0.2) is 19.7 Å². The monoisotopic (exact) mass is 286 g/mol. The first-order valence-corrected chi connectivity index (χ1v) is 6.27. The van der Waals surface area contributed by atoms with Crippen LogP contribution in [0.3, 0.4) is 0 Å². The van der Waals surface area contributed by atoms with Crippen molar-refractivity contribution in [3.05, 3.63) is 21.9 Å². The number of allylic oxidation sites excluding steroid dienone is 4. The number of rotatable bonds is 3. The van der Waals surface area contributed by atoms with Crippen LogP contribution in [0.5, 0.6) is 0 Å². The SMILES string of the molecule is COCOC1=CC(Br)=C2C(=O)CCCC2C1. The molecule has 0 N–H and O–H groups in total. The van der Waals surface area contributed by atoms with Crippen LogP contribution in [0.2, 0.25) is 0 Å². The third-order valence-corrected chi connectivity index (χ3v) is 3.68. The number of carbonyl (C=O) groups excluding carboxylic acids is 1. The molecule has 0 aromatic carbocycles. The van der Waals surface area contributed by atoms with Gasteiger partial charge in [-0.15, -0.1) is 0 Å². The summed E-state index contributed by atoms with van der Waals surface area (Å²) in [5.74, 6) is 1.51. The zero-order valence-electron chi connectivity index (χ0n) is 9.29. The number of hydrogen-bond acceptors (Lipinski definition) is 3. The van der Waals surface area contributed by atoms with Crippen molar-refractivity contribution in [3.8, 4) is 0 Å². The van der Waals surface area contributed by atoms with E-state index in [1.165, 1.54) is 0 Å². The molecule has 0 radical (unpaired) electrons. The predicted octanol–water partition coefficient (Wildman–Crippen LogP) is 2.91. The van der Waals surface area contributed by atoms with Gasteiger partial charge in [-0.3, -0.25) is 4.79 Å². The molecule has 2 aliphatic carbocycles. The Hall–Kier alpha value is -0.610. The van der Waals surface area contributed by atoms with Gasteiger partial charge in [0.05, 0.1) is 0 Å². The number of halogens is 1. The van der Waals surface area contributed by atoms with Crippen LogP contribution in [0.25, 0.3) is 0 Å². The summed E-state index contributed by atoms with van der Waals surface area (Å²) in [6.07, 6.45) is 5.46. The van der Waals surface area contributed by atoms with Crippen molar-refractivity contribution in [2.24, 2.45) is 5.92 Å². The van der Waals surface area contributed by atoms with Crippen molar-refractivity contribution in [2.45, 2.75) is 25.7 Å². The molecular weight excluding hydrogens is 272 g/mol. The number of hydrogen-bond donors (Lipinski definition) is 0. The lowest BCUT2D eigenvalue weighted by molar-refractivity contribution is -0.117. The normalized spacial score (nSPS) is 25.2. The molecule has 2 aliphatic rings. The lowest BCUT2D eigenvalue weighted by Crippen LogP contribution is -2.23. The standard InChI is InChI=1S/C12H15BrO3/c1-15-7-16-9-5-8-3-2-4-11(14)12(8)10(13)6-9/h6,8H,2-5,7H2,1H3. The maximum absolute atomic E-state index is 11.8. The van der Waals surface area contributed by atoms with Gasteiger partial charge in [-0.05, 0) is 24.8 Å². The topological polar surface area (TPSA) is 35.5 Å². The lowest BCUT2D eigenvalue weighted by Gasteiger charge is -2.29. The average Bonchev–Trinajstić information content (AvgIpc) is 2.26. The molecule has 1 atom stereocenters. The third kappa shape index (κ3) is 2.38. The van der Waals surface area contributed by atoms with Gasteiger partial charge >= 0.3 is 0 Å². The summed E-state index contributed by atoms with van der Waals surface area (Å²) in [6, 6.07) is 0. The first-order valence-electron chi connectivity index (χ1n) is 5.47. The van der Waals surface area contributed by atoms with E-state index in [-0.39, 0.29) is 12.6 Å². The zero-order valence-corrected chi connectivity index (χ0v) is 10.9. The molecule has 0 aromatic rings. The molecule has 1 unspecified atom stereocenters. The summed E-state index contributed by atoms with van der Waals surface area (Å²) < 4.78 is 11.2. The van der Waals surface area contributed by atoms with Gasteiger partial charge in [-0.1, -0.05) is 15.9 Å². The van der Waals surface area contributed by atoms with Crippen LogP contribution in [0.15, 0.2) is 21.9 Å². The molecule has 4 heteroatoms. The van der Waals surface area contributed by atoms with Crippen molar-refractivity contribution in [2.75, 3.05) is 13.9 Å². The number of ketones is 1. The fraction of sp³-hybridized carbons (Fsp3) is 0.583. The Morgan fingerprint density at radius 3 is 3.12 bits per heavy atom. The molecule has 1 saturated carbocycles. The number of ether oxygens (including phenoxy) is 2. The van der Waals surface area contributed by atoms with E-state index in [1.54, 1.807) is 7.11 Å². The average molecular weight is 287 g/mol. The number of fused-ring (bicyclic) bond motifs is 1. The van der Waals surface area contributed by atoms with Gasteiger partial charge in [-0.25, -0.2) is 0 Å². The zero-order chi connectivity index (χ0) is 11.5. The van der Waals surface area contributed by atoms with Crippen molar-refractivity contribution in [1.29, 1.82) is 0 Å². The quantitative estimate of drug-likeness (QED) is 0.749. The second-order valence-corrected chi connectivity index (χ2v) is 4.99. The summed E-state index contributed by atoms with van der Waals surface area (Å²) in [7, 11) is 1.60. The minimum atomic E-state index is 0.266. The Morgan fingerprint density at radius 2 is 2.38 bits per heavy atom. The van der Waals surface area contributed by atoms with Crippen molar-refractivity contribution >= 4 is 21.7 Å². The molecule has 0 heterocycles. The molecule has 1 fully saturated rings. The van der Waals surface area contributed by atoms with Crippen molar-refractivity contribution < 1.29 is 14.3 Å². The predicted molar refractivity (Wildman–Crippen MR) is 64.0 cm³/mol. The number of carbonyl (C=O) groups is 1. The highest BCUT2D eigenvalue weighted by atomic mass is 79.9. The summed E-state index contributed by atoms with van der Waals surface area (Å²) in [5, 5.41) is 0. The van der Waals surface area contributed by atoms with E-state index < -0.39 is 0 Å². The minimum absolute atomic E-state index is 0.266. The fourth-order valence-electron chi connectivity index (χ4n) is 2.30. The van der Waals surface area contributed by atoms with Gasteiger partial charge in [0.15, 0.2) is 12.6 Å². The van der Waals surface area contributed by atoms with Gasteiger partial charge < -0.3 is 9.47 Å². The smallest absolute Gasteiger partial charge is 0.188 e. The molecular formula is C12H15BrO3. The second kappa shape index (κ2) is 5.15. The summed E-state index contributed by atoms with van der Waals surface area (Å²) in [4.78, 5) is 11.8. The highest BCUT2D eigenvalue weighted by Gasteiger charge is 2.31. The lowest BCUT2D eigenvalue weighted by atomic mass is 9.78. The Bertz CT molecular complexity index is 357. The van der Waals surface area contributed by atoms with E-state index in [1.807, 2.05) is 6.08 Å². The summed E-state index contributed by atoms with van der Waals surface area (Å²) in [5.41, 5.74) is 0.955. The Kier molecular flexibility index (Phi) is 3.82. The van der Waals surface area contributed by atoms with E-state index in [9.17, 15) is 4.79 Å². The largest absolute Gasteiger partial charge is 0.472 e. The molecule has 0 aliphatic heterocycles. The highest BCUT2D eigenvalue weighted by Crippen LogP contribution is 2.39. The van der Waals surface area contributed by atoms with Gasteiger partial charge in [0.2, 0.25) is 0 Å². The second-order valence-electron chi connectivity index (χ2n) is 4.14. The Morgan fingerprint density at radius 1 is 1.56 bits per heavy atom. The Labute approximate surface area is 104 Å². The van der Waals surface area contributed by atoms with Crippen molar-refractivity contribution in [1.82, 2.24) is 0 Å². The van der Waals surface area contributed by atoms with Crippen LogP contribution < -0.4 is 0 Å². The maximum atomic E-state index is 11.8. The first-order chi connectivity index (χ1) is 7.72. The van der Waals surface area contributed by atoms with Gasteiger partial charge in [-0.2, -0.15) is 0 Å². The van der Waals surface area contributed by atoms with E-state index >= 15 is 0 Å². The van der Waals surface area contributed by atoms with Crippen LogP contribution in [0.1, 0.15) is 25.7 Å². The number of methoxy groups -OCH3 is 1. The molecule has 0 aromatic heterocycles. The summed E-state index contributed by atoms with van der Waals surface area (Å²) in [6.45, 7) is 0.266. The molecule has 88 valence electrons. The summed E-state index contributed by atoms with van der Waals surface area (Å²) >= 11 is 3.46. The third-order valence-electron chi connectivity index (χ3n) is 3.02. The van der Waals surface area contributed by atoms with E-state index in [4.69, 9.17) is 9.47 Å². The van der Waals surface area contributed by atoms with Gasteiger partial charge in [0.1, 0.15) is 5.76 Å². The maximum Gasteiger partial charge on any atom is 0.188 e. The van der Waals surface area contributed by atoms with E-state index in [0.29, 0.717) is 12.3 Å². The molecule has 3 nitrogen and oxygen atoms in total. The molecule has 0 spiro atoms. The van der Waals surface area contributed by atoms with Crippen LogP contribution in [0.4, 0.5) is 0 Å². The number of Topliss-reactive ketones (excluding diaryl/α,β-unsaturated/α-hetero) is 1. The van der Waals surface area contributed by atoms with Crippen LogP contribution in [-0.2, 0) is 14.3 Å². The van der Waals surface area contributed by atoms with Crippen LogP contribution in [0, 0.1) is 5.92 Å². The van der Waals surface area contributed by atoms with Gasteiger partial charge in [0, 0.05) is 30.0 Å². The molecule has 0 bridgehead atoms. The van der Waals surface area contributed by atoms with Crippen LogP contribution >= 0.6 is 15.9 Å². The molecule has 0 amide bonds. The highest BCUT2D eigenvalue weighted by molar-refractivity contribution is 9.12.